The quantitative estimate of drug-likeness (QED) is 0.830. The van der Waals surface area contributed by atoms with Crippen molar-refractivity contribution < 1.29 is 9.53 Å². The normalized spacial score (nSPS) is 9.38. The zero-order valence-electron chi connectivity index (χ0n) is 11.5. The SMILES string of the molecule is COc1ccccc1C#CCNC(=O)c1ccc[nH]c1=O. The molecule has 0 saturated heterocycles. The molecule has 5 heteroatoms. The lowest BCUT2D eigenvalue weighted by Crippen LogP contribution is -2.29. The van der Waals surface area contributed by atoms with Crippen molar-refractivity contribution in [1.82, 2.24) is 10.3 Å². The summed E-state index contributed by atoms with van der Waals surface area (Å²) in [5.74, 6) is 5.96. The zero-order chi connectivity index (χ0) is 15.1. The van der Waals surface area contributed by atoms with Crippen LogP contribution in [0.3, 0.4) is 0 Å². The lowest BCUT2D eigenvalue weighted by molar-refractivity contribution is 0.0957. The smallest absolute Gasteiger partial charge is 0.260 e. The van der Waals surface area contributed by atoms with Crippen LogP contribution in [0.1, 0.15) is 15.9 Å². The van der Waals surface area contributed by atoms with Gasteiger partial charge < -0.3 is 15.0 Å². The molecule has 0 spiro atoms. The lowest BCUT2D eigenvalue weighted by atomic mass is 10.2. The minimum absolute atomic E-state index is 0.0663. The highest BCUT2D eigenvalue weighted by Crippen LogP contribution is 2.15. The van der Waals surface area contributed by atoms with Crippen LogP contribution in [-0.2, 0) is 0 Å². The Kier molecular flexibility index (Phi) is 4.78. The molecule has 1 aromatic heterocycles. The first-order valence-corrected chi connectivity index (χ1v) is 6.30. The highest BCUT2D eigenvalue weighted by Gasteiger charge is 2.07. The maximum atomic E-state index is 11.8. The van der Waals surface area contributed by atoms with Crippen molar-refractivity contribution in [3.63, 3.8) is 0 Å². The van der Waals surface area contributed by atoms with E-state index in [2.05, 4.69) is 22.1 Å². The molecule has 0 unspecified atom stereocenters. The van der Waals surface area contributed by atoms with Crippen molar-refractivity contribution in [2.45, 2.75) is 0 Å². The molecule has 1 amide bonds. The van der Waals surface area contributed by atoms with Crippen molar-refractivity contribution in [2.75, 3.05) is 13.7 Å². The third kappa shape index (κ3) is 3.74. The number of H-pyrrole nitrogens is 1. The number of ether oxygens (including phenoxy) is 1. The van der Waals surface area contributed by atoms with Gasteiger partial charge in [0.25, 0.3) is 11.5 Å². The number of aromatic amines is 1. The molecule has 0 fully saturated rings. The minimum Gasteiger partial charge on any atom is -0.495 e. The Morgan fingerprint density at radius 3 is 2.86 bits per heavy atom. The van der Waals surface area contributed by atoms with E-state index in [1.54, 1.807) is 13.2 Å². The van der Waals surface area contributed by atoms with Crippen LogP contribution >= 0.6 is 0 Å². The summed E-state index contributed by atoms with van der Waals surface area (Å²) in [6.07, 6.45) is 1.47. The number of carbonyl (C=O) groups excluding carboxylic acids is 1. The van der Waals surface area contributed by atoms with Crippen LogP contribution in [0.4, 0.5) is 0 Å². The molecule has 0 bridgehead atoms. The zero-order valence-corrected chi connectivity index (χ0v) is 11.5. The highest BCUT2D eigenvalue weighted by atomic mass is 16.5. The van der Waals surface area contributed by atoms with Crippen LogP contribution < -0.4 is 15.6 Å². The fraction of sp³-hybridized carbons (Fsp3) is 0.125. The molecule has 21 heavy (non-hydrogen) atoms. The first-order valence-electron chi connectivity index (χ1n) is 6.30. The van der Waals surface area contributed by atoms with Gasteiger partial charge in [-0.2, -0.15) is 0 Å². The lowest BCUT2D eigenvalue weighted by Gasteiger charge is -2.01. The molecule has 0 saturated carbocycles. The standard InChI is InChI=1S/C16H14N2O3/c1-21-14-9-3-2-6-12(14)7-4-10-17-15(19)13-8-5-11-18-16(13)20/h2-3,5-6,8-9,11H,10H2,1H3,(H,17,19)(H,18,20). The Labute approximate surface area is 122 Å². The molecule has 0 aliphatic heterocycles. The van der Waals surface area contributed by atoms with E-state index in [1.165, 1.54) is 12.3 Å². The summed E-state index contributed by atoms with van der Waals surface area (Å²) >= 11 is 0. The average Bonchev–Trinajstić information content (AvgIpc) is 2.52. The van der Waals surface area contributed by atoms with Gasteiger partial charge in [0.15, 0.2) is 0 Å². The summed E-state index contributed by atoms with van der Waals surface area (Å²) in [5, 5.41) is 2.57. The van der Waals surface area contributed by atoms with Gasteiger partial charge in [0.05, 0.1) is 19.2 Å². The van der Waals surface area contributed by atoms with Crippen LogP contribution in [0.25, 0.3) is 0 Å². The predicted molar refractivity (Wildman–Crippen MR) is 79.3 cm³/mol. The van der Waals surface area contributed by atoms with E-state index < -0.39 is 11.5 Å². The molecule has 0 aliphatic rings. The first kappa shape index (κ1) is 14.4. The van der Waals surface area contributed by atoms with Gasteiger partial charge in [-0.05, 0) is 24.3 Å². The monoisotopic (exact) mass is 282 g/mol. The van der Waals surface area contributed by atoms with Gasteiger partial charge in [-0.1, -0.05) is 24.0 Å². The number of hydrogen-bond donors (Lipinski definition) is 2. The van der Waals surface area contributed by atoms with E-state index in [9.17, 15) is 9.59 Å². The van der Waals surface area contributed by atoms with Crippen molar-refractivity contribution in [3.05, 3.63) is 64.1 Å². The summed E-state index contributed by atoms with van der Waals surface area (Å²) in [7, 11) is 1.57. The topological polar surface area (TPSA) is 71.2 Å². The third-order valence-corrected chi connectivity index (χ3v) is 2.73. The van der Waals surface area contributed by atoms with E-state index >= 15 is 0 Å². The van der Waals surface area contributed by atoms with Gasteiger partial charge >= 0.3 is 0 Å². The molecule has 1 aromatic carbocycles. The van der Waals surface area contributed by atoms with Crippen LogP contribution in [0, 0.1) is 11.8 Å². The van der Waals surface area contributed by atoms with E-state index in [-0.39, 0.29) is 12.1 Å². The number of methoxy groups -OCH3 is 1. The molecule has 2 rings (SSSR count). The summed E-state index contributed by atoms with van der Waals surface area (Å²) in [6.45, 7) is 0.144. The van der Waals surface area contributed by atoms with Crippen molar-refractivity contribution in [2.24, 2.45) is 0 Å². The van der Waals surface area contributed by atoms with Crippen molar-refractivity contribution >= 4 is 5.91 Å². The third-order valence-electron chi connectivity index (χ3n) is 2.73. The van der Waals surface area contributed by atoms with Gasteiger partial charge in [-0.25, -0.2) is 0 Å². The first-order chi connectivity index (χ1) is 10.2. The average molecular weight is 282 g/mol. The minimum atomic E-state index is -0.453. The molecule has 0 radical (unpaired) electrons. The summed E-state index contributed by atoms with van der Waals surface area (Å²) in [4.78, 5) is 25.6. The van der Waals surface area contributed by atoms with E-state index in [1.807, 2.05) is 24.3 Å². The van der Waals surface area contributed by atoms with Crippen LogP contribution in [0.2, 0.25) is 0 Å². The maximum absolute atomic E-state index is 11.8. The van der Waals surface area contributed by atoms with Gasteiger partial charge in [-0.15, -0.1) is 0 Å². The largest absolute Gasteiger partial charge is 0.495 e. The number of para-hydroxylation sites is 1. The second-order valence-corrected chi connectivity index (χ2v) is 4.10. The Hall–Kier alpha value is -3.00. The summed E-state index contributed by atoms with van der Waals surface area (Å²) in [6, 6.07) is 10.4. The second-order valence-electron chi connectivity index (χ2n) is 4.10. The number of pyridine rings is 1. The molecule has 5 nitrogen and oxygen atoms in total. The van der Waals surface area contributed by atoms with Gasteiger partial charge in [0, 0.05) is 6.20 Å². The van der Waals surface area contributed by atoms with Crippen molar-refractivity contribution in [3.8, 4) is 17.6 Å². The van der Waals surface area contributed by atoms with Crippen molar-refractivity contribution in [1.29, 1.82) is 0 Å². The fourth-order valence-electron chi connectivity index (χ4n) is 1.71. The molecule has 0 aliphatic carbocycles. The van der Waals surface area contributed by atoms with Crippen LogP contribution in [0.15, 0.2) is 47.4 Å². The highest BCUT2D eigenvalue weighted by molar-refractivity contribution is 5.93. The van der Waals surface area contributed by atoms with Gasteiger partial charge in [0.1, 0.15) is 11.3 Å². The van der Waals surface area contributed by atoms with E-state index in [0.29, 0.717) is 5.75 Å². The van der Waals surface area contributed by atoms with Gasteiger partial charge in [-0.3, -0.25) is 9.59 Å². The second kappa shape index (κ2) is 6.96. The number of benzene rings is 1. The Morgan fingerprint density at radius 2 is 2.10 bits per heavy atom. The molecule has 2 N–H and O–H groups in total. The van der Waals surface area contributed by atoms with E-state index in [0.717, 1.165) is 5.56 Å². The number of amides is 1. The molecule has 2 aromatic rings. The van der Waals surface area contributed by atoms with Crippen LogP contribution in [-0.4, -0.2) is 24.5 Å². The Bertz CT molecular complexity index is 754. The molecule has 1 heterocycles. The molecule has 0 atom stereocenters. The summed E-state index contributed by atoms with van der Waals surface area (Å²) < 4.78 is 5.17. The summed E-state index contributed by atoms with van der Waals surface area (Å²) in [5.41, 5.74) is 0.385. The fourth-order valence-corrected chi connectivity index (χ4v) is 1.71. The number of rotatable bonds is 3. The Morgan fingerprint density at radius 1 is 1.29 bits per heavy atom. The number of nitrogens with one attached hydrogen (secondary N) is 2. The maximum Gasteiger partial charge on any atom is 0.260 e. The number of carbonyl (C=O) groups is 1. The molecule has 106 valence electrons. The number of aromatic nitrogens is 1. The van der Waals surface area contributed by atoms with Gasteiger partial charge in [0.2, 0.25) is 0 Å². The van der Waals surface area contributed by atoms with E-state index in [4.69, 9.17) is 4.74 Å². The molecular formula is C16H14N2O3. The molecular weight excluding hydrogens is 268 g/mol. The van der Waals surface area contributed by atoms with Crippen LogP contribution in [0.5, 0.6) is 5.75 Å². The predicted octanol–water partition coefficient (Wildman–Crippen LogP) is 1.16. The Balaban J connectivity index is 2.00. The number of hydrogen-bond acceptors (Lipinski definition) is 3.